The first-order chi connectivity index (χ1) is 8.49. The maximum atomic E-state index is 12.1. The number of pyridine rings is 1. The Morgan fingerprint density at radius 3 is 2.67 bits per heavy atom. The fourth-order valence-electron chi connectivity index (χ4n) is 1.64. The summed E-state index contributed by atoms with van der Waals surface area (Å²) in [6.07, 6.45) is 0. The highest BCUT2D eigenvalue weighted by molar-refractivity contribution is 6.29. The van der Waals surface area contributed by atoms with Crippen molar-refractivity contribution >= 4 is 29.0 Å². The third-order valence-corrected chi connectivity index (χ3v) is 2.90. The molecule has 0 fully saturated rings. The number of nitrogens with one attached hydrogen (secondary N) is 1. The number of rotatable bonds is 5. The van der Waals surface area contributed by atoms with Crippen LogP contribution >= 0.6 is 11.6 Å². The van der Waals surface area contributed by atoms with Gasteiger partial charge in [-0.3, -0.25) is 4.79 Å². The molecule has 0 radical (unpaired) electrons. The number of anilines is 2. The molecule has 0 aliphatic carbocycles. The molecule has 3 N–H and O–H groups in total. The van der Waals surface area contributed by atoms with Crippen molar-refractivity contribution in [1.29, 1.82) is 0 Å². The Bertz CT molecular complexity index is 421. The van der Waals surface area contributed by atoms with E-state index < -0.39 is 6.04 Å². The monoisotopic (exact) mass is 270 g/mol. The van der Waals surface area contributed by atoms with E-state index in [2.05, 4.69) is 10.3 Å². The number of hydrogen-bond acceptors (Lipinski definition) is 4. The molecular formula is C12H19ClN4O. The first-order valence-corrected chi connectivity index (χ1v) is 6.34. The molecule has 1 rings (SSSR count). The van der Waals surface area contributed by atoms with Crippen LogP contribution in [0.4, 0.5) is 11.5 Å². The van der Waals surface area contributed by atoms with Crippen molar-refractivity contribution < 1.29 is 4.79 Å². The standard InChI is InChI=1S/C12H19ClN4O/c1-4-17(5-2)12(18)8(3)15-11-9(14)6-7-10(13)16-11/h6-8H,4-5,14H2,1-3H3,(H,15,16). The van der Waals surface area contributed by atoms with E-state index in [4.69, 9.17) is 17.3 Å². The molecule has 1 atom stereocenters. The molecule has 18 heavy (non-hydrogen) atoms. The maximum Gasteiger partial charge on any atom is 0.244 e. The van der Waals surface area contributed by atoms with Gasteiger partial charge in [0.25, 0.3) is 0 Å². The first-order valence-electron chi connectivity index (χ1n) is 5.96. The van der Waals surface area contributed by atoms with Crippen molar-refractivity contribution in [2.24, 2.45) is 0 Å². The second-order valence-electron chi connectivity index (χ2n) is 3.95. The molecule has 0 saturated heterocycles. The molecule has 0 aliphatic heterocycles. The van der Waals surface area contributed by atoms with Gasteiger partial charge in [-0.15, -0.1) is 0 Å². The average Bonchev–Trinajstić information content (AvgIpc) is 2.35. The van der Waals surface area contributed by atoms with Gasteiger partial charge < -0.3 is 16.0 Å². The normalized spacial score (nSPS) is 12.0. The van der Waals surface area contributed by atoms with Crippen LogP contribution in [0.1, 0.15) is 20.8 Å². The molecule has 1 amide bonds. The number of nitrogens with zero attached hydrogens (tertiary/aromatic N) is 2. The van der Waals surface area contributed by atoms with Gasteiger partial charge in [-0.25, -0.2) is 4.98 Å². The zero-order valence-electron chi connectivity index (χ0n) is 10.9. The van der Waals surface area contributed by atoms with E-state index in [0.29, 0.717) is 29.7 Å². The summed E-state index contributed by atoms with van der Waals surface area (Å²) in [7, 11) is 0. The number of nitrogens with two attached hydrogens (primary N) is 1. The van der Waals surface area contributed by atoms with Crippen LogP contribution in [0.3, 0.4) is 0 Å². The fourth-order valence-corrected chi connectivity index (χ4v) is 1.79. The number of halogens is 1. The minimum Gasteiger partial charge on any atom is -0.396 e. The van der Waals surface area contributed by atoms with Gasteiger partial charge in [0, 0.05) is 13.1 Å². The number of nitrogen functional groups attached to an aromatic ring is 1. The largest absolute Gasteiger partial charge is 0.396 e. The zero-order valence-corrected chi connectivity index (χ0v) is 11.7. The Hall–Kier alpha value is -1.49. The van der Waals surface area contributed by atoms with E-state index in [1.54, 1.807) is 24.0 Å². The van der Waals surface area contributed by atoms with Crippen LogP contribution in [0.2, 0.25) is 5.15 Å². The van der Waals surface area contributed by atoms with Crippen molar-refractivity contribution in [2.45, 2.75) is 26.8 Å². The van der Waals surface area contributed by atoms with E-state index in [-0.39, 0.29) is 5.91 Å². The van der Waals surface area contributed by atoms with Crippen LogP contribution in [0.25, 0.3) is 0 Å². The predicted molar refractivity (Wildman–Crippen MR) is 74.7 cm³/mol. The van der Waals surface area contributed by atoms with Gasteiger partial charge in [0.05, 0.1) is 5.69 Å². The van der Waals surface area contributed by atoms with E-state index >= 15 is 0 Å². The fraction of sp³-hybridized carbons (Fsp3) is 0.500. The number of carbonyl (C=O) groups excluding carboxylic acids is 1. The van der Waals surface area contributed by atoms with Crippen molar-refractivity contribution in [1.82, 2.24) is 9.88 Å². The van der Waals surface area contributed by atoms with Crippen LogP contribution in [-0.2, 0) is 4.79 Å². The number of aromatic nitrogens is 1. The lowest BCUT2D eigenvalue weighted by atomic mass is 10.2. The number of carbonyl (C=O) groups is 1. The molecule has 0 aromatic carbocycles. The topological polar surface area (TPSA) is 71.2 Å². The summed E-state index contributed by atoms with van der Waals surface area (Å²) >= 11 is 5.79. The number of amides is 1. The Balaban J connectivity index is 2.77. The molecule has 5 nitrogen and oxygen atoms in total. The molecular weight excluding hydrogens is 252 g/mol. The minimum atomic E-state index is -0.391. The van der Waals surface area contributed by atoms with Gasteiger partial charge in [0.15, 0.2) is 5.82 Å². The van der Waals surface area contributed by atoms with Crippen LogP contribution < -0.4 is 11.1 Å². The van der Waals surface area contributed by atoms with E-state index in [1.807, 2.05) is 13.8 Å². The van der Waals surface area contributed by atoms with Crippen LogP contribution in [0, 0.1) is 0 Å². The van der Waals surface area contributed by atoms with Crippen molar-refractivity contribution in [3.63, 3.8) is 0 Å². The van der Waals surface area contributed by atoms with Crippen LogP contribution in [0.5, 0.6) is 0 Å². The highest BCUT2D eigenvalue weighted by Gasteiger charge is 2.19. The van der Waals surface area contributed by atoms with E-state index in [1.165, 1.54) is 0 Å². The van der Waals surface area contributed by atoms with Gasteiger partial charge in [0.2, 0.25) is 5.91 Å². The molecule has 1 unspecified atom stereocenters. The predicted octanol–water partition coefficient (Wildman–Crippen LogP) is 1.99. The first kappa shape index (κ1) is 14.6. The highest BCUT2D eigenvalue weighted by atomic mass is 35.5. The molecule has 6 heteroatoms. The lowest BCUT2D eigenvalue weighted by Gasteiger charge is -2.24. The molecule has 0 saturated carbocycles. The smallest absolute Gasteiger partial charge is 0.244 e. The van der Waals surface area contributed by atoms with E-state index in [0.717, 1.165) is 0 Å². The quantitative estimate of drug-likeness (QED) is 0.803. The Morgan fingerprint density at radius 1 is 1.50 bits per heavy atom. The Kier molecular flexibility index (Phi) is 5.22. The summed E-state index contributed by atoms with van der Waals surface area (Å²) in [4.78, 5) is 17.9. The number of likely N-dealkylation sites (N-methyl/N-ethyl adjacent to an activating group) is 1. The van der Waals surface area contributed by atoms with Crippen LogP contribution in [-0.4, -0.2) is 34.9 Å². The van der Waals surface area contributed by atoms with Crippen LogP contribution in [0.15, 0.2) is 12.1 Å². The molecule has 1 aromatic heterocycles. The molecule has 1 aromatic rings. The van der Waals surface area contributed by atoms with Gasteiger partial charge >= 0.3 is 0 Å². The van der Waals surface area contributed by atoms with Crippen molar-refractivity contribution in [2.75, 3.05) is 24.1 Å². The minimum absolute atomic E-state index is 0.0150. The summed E-state index contributed by atoms with van der Waals surface area (Å²) in [6, 6.07) is 2.88. The lowest BCUT2D eigenvalue weighted by Crippen LogP contribution is -2.41. The van der Waals surface area contributed by atoms with E-state index in [9.17, 15) is 4.79 Å². The Labute approximate surface area is 112 Å². The highest BCUT2D eigenvalue weighted by Crippen LogP contribution is 2.19. The summed E-state index contributed by atoms with van der Waals surface area (Å²) in [5.74, 6) is 0.455. The average molecular weight is 271 g/mol. The summed E-state index contributed by atoms with van der Waals surface area (Å²) < 4.78 is 0. The third kappa shape index (κ3) is 3.50. The summed E-state index contributed by atoms with van der Waals surface area (Å²) in [6.45, 7) is 7.03. The maximum absolute atomic E-state index is 12.1. The van der Waals surface area contributed by atoms with Gasteiger partial charge in [-0.2, -0.15) is 0 Å². The molecule has 1 heterocycles. The second-order valence-corrected chi connectivity index (χ2v) is 4.34. The molecule has 0 bridgehead atoms. The summed E-state index contributed by atoms with van der Waals surface area (Å²) in [5, 5.41) is 3.33. The third-order valence-electron chi connectivity index (χ3n) is 2.69. The second kappa shape index (κ2) is 6.44. The molecule has 100 valence electrons. The zero-order chi connectivity index (χ0) is 13.7. The van der Waals surface area contributed by atoms with Gasteiger partial charge in [0.1, 0.15) is 11.2 Å². The lowest BCUT2D eigenvalue weighted by molar-refractivity contribution is -0.131. The summed E-state index contributed by atoms with van der Waals surface area (Å²) in [5.41, 5.74) is 6.24. The number of hydrogen-bond donors (Lipinski definition) is 2. The Morgan fingerprint density at radius 2 is 2.11 bits per heavy atom. The van der Waals surface area contributed by atoms with Crippen molar-refractivity contribution in [3.05, 3.63) is 17.3 Å². The molecule has 0 spiro atoms. The van der Waals surface area contributed by atoms with Gasteiger partial charge in [-0.05, 0) is 32.9 Å². The van der Waals surface area contributed by atoms with Gasteiger partial charge in [-0.1, -0.05) is 11.6 Å². The molecule has 0 aliphatic rings. The van der Waals surface area contributed by atoms with Crippen molar-refractivity contribution in [3.8, 4) is 0 Å². The SMILES string of the molecule is CCN(CC)C(=O)C(C)Nc1nc(Cl)ccc1N.